The maximum atomic E-state index is 13.7. The van der Waals surface area contributed by atoms with Gasteiger partial charge in [0.1, 0.15) is 11.6 Å². The van der Waals surface area contributed by atoms with Crippen molar-refractivity contribution in [3.63, 3.8) is 0 Å². The SMILES string of the molecule is Fc1ccc(Br)c(-n2c(=S)[nH]c3cc(Br)c(F)cc32)c1. The molecule has 0 bridgehead atoms. The first kappa shape index (κ1) is 13.9. The molecule has 0 saturated heterocycles. The van der Waals surface area contributed by atoms with Gasteiger partial charge < -0.3 is 4.98 Å². The summed E-state index contributed by atoms with van der Waals surface area (Å²) in [6.45, 7) is 0. The maximum Gasteiger partial charge on any atom is 0.182 e. The molecule has 0 unspecified atom stereocenters. The molecule has 0 aliphatic carbocycles. The smallest absolute Gasteiger partial charge is 0.182 e. The zero-order chi connectivity index (χ0) is 14.4. The largest absolute Gasteiger partial charge is 0.330 e. The Bertz CT molecular complexity index is 886. The van der Waals surface area contributed by atoms with E-state index in [1.165, 1.54) is 18.2 Å². The van der Waals surface area contributed by atoms with Crippen LogP contribution in [0.2, 0.25) is 0 Å². The van der Waals surface area contributed by atoms with Crippen LogP contribution in [0.5, 0.6) is 0 Å². The molecule has 0 spiro atoms. The number of H-pyrrole nitrogens is 1. The van der Waals surface area contributed by atoms with Crippen molar-refractivity contribution in [1.29, 1.82) is 0 Å². The maximum absolute atomic E-state index is 13.7. The molecule has 0 fully saturated rings. The van der Waals surface area contributed by atoms with Crippen LogP contribution in [0.1, 0.15) is 0 Å². The van der Waals surface area contributed by atoms with E-state index in [1.807, 2.05) is 0 Å². The van der Waals surface area contributed by atoms with Crippen LogP contribution in [-0.2, 0) is 0 Å². The van der Waals surface area contributed by atoms with Crippen LogP contribution < -0.4 is 0 Å². The lowest BCUT2D eigenvalue weighted by Crippen LogP contribution is -1.96. The lowest BCUT2D eigenvalue weighted by atomic mass is 10.2. The van der Waals surface area contributed by atoms with E-state index in [4.69, 9.17) is 12.2 Å². The van der Waals surface area contributed by atoms with Crippen molar-refractivity contribution in [2.24, 2.45) is 0 Å². The minimum atomic E-state index is -0.409. The molecule has 1 aromatic heterocycles. The highest BCUT2D eigenvalue weighted by Gasteiger charge is 2.13. The van der Waals surface area contributed by atoms with Gasteiger partial charge in [-0.2, -0.15) is 0 Å². The zero-order valence-corrected chi connectivity index (χ0v) is 13.7. The van der Waals surface area contributed by atoms with Gasteiger partial charge in [-0.05, 0) is 68.3 Å². The predicted octanol–water partition coefficient (Wildman–Crippen LogP) is 5.49. The molecule has 3 rings (SSSR count). The van der Waals surface area contributed by atoms with Crippen molar-refractivity contribution in [2.75, 3.05) is 0 Å². The van der Waals surface area contributed by atoms with E-state index in [1.54, 1.807) is 16.7 Å². The average molecular weight is 420 g/mol. The molecule has 102 valence electrons. The number of imidazole rings is 1. The first-order valence-corrected chi connectivity index (χ1v) is 7.52. The second-order valence-electron chi connectivity index (χ2n) is 4.14. The van der Waals surface area contributed by atoms with Crippen LogP contribution in [0, 0.1) is 16.4 Å². The summed E-state index contributed by atoms with van der Waals surface area (Å²) in [5.41, 5.74) is 1.73. The third-order valence-electron chi connectivity index (χ3n) is 2.87. The number of hydrogen-bond acceptors (Lipinski definition) is 1. The molecule has 7 heteroatoms. The van der Waals surface area contributed by atoms with E-state index in [9.17, 15) is 8.78 Å². The topological polar surface area (TPSA) is 20.7 Å². The molecule has 0 amide bonds. The Labute approximate surface area is 134 Å². The van der Waals surface area contributed by atoms with Gasteiger partial charge in [0.15, 0.2) is 4.77 Å². The lowest BCUT2D eigenvalue weighted by molar-refractivity contribution is 0.622. The fourth-order valence-corrected chi connectivity index (χ4v) is 3.07. The van der Waals surface area contributed by atoms with Crippen molar-refractivity contribution < 1.29 is 8.78 Å². The minimum absolute atomic E-state index is 0.340. The molecule has 3 aromatic rings. The Morgan fingerprint density at radius 2 is 1.80 bits per heavy atom. The summed E-state index contributed by atoms with van der Waals surface area (Å²) >= 11 is 11.7. The fraction of sp³-hybridized carbons (Fsp3) is 0. The third-order valence-corrected chi connectivity index (χ3v) is 4.44. The monoisotopic (exact) mass is 418 g/mol. The number of nitrogens with zero attached hydrogens (tertiary/aromatic N) is 1. The van der Waals surface area contributed by atoms with E-state index < -0.39 is 11.6 Å². The first-order chi connectivity index (χ1) is 9.47. The zero-order valence-electron chi connectivity index (χ0n) is 9.75. The van der Waals surface area contributed by atoms with Gasteiger partial charge in [-0.15, -0.1) is 0 Å². The molecular weight excluding hydrogens is 414 g/mol. The van der Waals surface area contributed by atoms with Gasteiger partial charge in [-0.1, -0.05) is 0 Å². The molecule has 2 aromatic carbocycles. The van der Waals surface area contributed by atoms with Crippen molar-refractivity contribution in [3.05, 3.63) is 55.7 Å². The second-order valence-corrected chi connectivity index (χ2v) is 6.24. The fourth-order valence-electron chi connectivity index (χ4n) is 2.00. The van der Waals surface area contributed by atoms with Crippen molar-refractivity contribution >= 4 is 55.1 Å². The van der Waals surface area contributed by atoms with Crippen LogP contribution in [0.15, 0.2) is 39.3 Å². The molecule has 0 atom stereocenters. The van der Waals surface area contributed by atoms with Crippen LogP contribution in [0.25, 0.3) is 16.7 Å². The number of nitrogens with one attached hydrogen (secondary N) is 1. The molecular formula is C13H6Br2F2N2S. The molecule has 2 nitrogen and oxygen atoms in total. The van der Waals surface area contributed by atoms with E-state index in [0.29, 0.717) is 30.4 Å². The molecule has 1 N–H and O–H groups in total. The quantitative estimate of drug-likeness (QED) is 0.517. The number of benzene rings is 2. The number of rotatable bonds is 1. The number of halogens is 4. The van der Waals surface area contributed by atoms with E-state index in [2.05, 4.69) is 36.8 Å². The summed E-state index contributed by atoms with van der Waals surface area (Å²) in [7, 11) is 0. The highest BCUT2D eigenvalue weighted by molar-refractivity contribution is 9.10. The normalized spacial score (nSPS) is 11.2. The standard InChI is InChI=1S/C13H6Br2F2N2S/c14-7-2-1-6(16)3-11(7)19-12-5-9(17)8(15)4-10(12)18-13(19)20/h1-5H,(H,18,20). The van der Waals surface area contributed by atoms with E-state index in [-0.39, 0.29) is 0 Å². The van der Waals surface area contributed by atoms with Crippen LogP contribution in [0.3, 0.4) is 0 Å². The van der Waals surface area contributed by atoms with Gasteiger partial charge in [0.2, 0.25) is 0 Å². The Morgan fingerprint density at radius 3 is 2.55 bits per heavy atom. The predicted molar refractivity (Wildman–Crippen MR) is 83.8 cm³/mol. The summed E-state index contributed by atoms with van der Waals surface area (Å²) in [5.74, 6) is -0.801. The Kier molecular flexibility index (Phi) is 3.51. The van der Waals surface area contributed by atoms with Crippen molar-refractivity contribution in [3.8, 4) is 5.69 Å². The van der Waals surface area contributed by atoms with Crippen molar-refractivity contribution in [2.45, 2.75) is 0 Å². The Hall–Kier alpha value is -1.05. The first-order valence-electron chi connectivity index (χ1n) is 5.52. The van der Waals surface area contributed by atoms with Gasteiger partial charge in [-0.3, -0.25) is 4.57 Å². The second kappa shape index (κ2) is 5.05. The van der Waals surface area contributed by atoms with Gasteiger partial charge in [-0.25, -0.2) is 8.78 Å². The minimum Gasteiger partial charge on any atom is -0.330 e. The summed E-state index contributed by atoms with van der Waals surface area (Å²) in [6.07, 6.45) is 0. The molecule has 0 radical (unpaired) electrons. The van der Waals surface area contributed by atoms with E-state index in [0.717, 1.165) is 0 Å². The number of aromatic amines is 1. The van der Waals surface area contributed by atoms with Crippen LogP contribution in [0.4, 0.5) is 8.78 Å². The summed E-state index contributed by atoms with van der Waals surface area (Å²) in [5, 5.41) is 0. The molecule has 0 aliphatic rings. The number of aromatic nitrogens is 2. The molecule has 20 heavy (non-hydrogen) atoms. The number of hydrogen-bond donors (Lipinski definition) is 1. The van der Waals surface area contributed by atoms with Gasteiger partial charge in [0, 0.05) is 10.5 Å². The van der Waals surface area contributed by atoms with Crippen molar-refractivity contribution in [1.82, 2.24) is 9.55 Å². The lowest BCUT2D eigenvalue weighted by Gasteiger charge is -2.07. The number of fused-ring (bicyclic) bond motifs is 1. The summed E-state index contributed by atoms with van der Waals surface area (Å²) in [6, 6.07) is 7.21. The van der Waals surface area contributed by atoms with Gasteiger partial charge >= 0.3 is 0 Å². The molecule has 0 aliphatic heterocycles. The molecule has 1 heterocycles. The van der Waals surface area contributed by atoms with Crippen LogP contribution >= 0.6 is 44.1 Å². The Morgan fingerprint density at radius 1 is 1.05 bits per heavy atom. The van der Waals surface area contributed by atoms with E-state index >= 15 is 0 Å². The summed E-state index contributed by atoms with van der Waals surface area (Å²) in [4.78, 5) is 2.98. The third kappa shape index (κ3) is 2.23. The van der Waals surface area contributed by atoms with Gasteiger partial charge in [0.05, 0.1) is 21.2 Å². The molecule has 0 saturated carbocycles. The highest BCUT2D eigenvalue weighted by atomic mass is 79.9. The summed E-state index contributed by atoms with van der Waals surface area (Å²) < 4.78 is 30.2. The van der Waals surface area contributed by atoms with Crippen LogP contribution in [-0.4, -0.2) is 9.55 Å². The highest BCUT2D eigenvalue weighted by Crippen LogP contribution is 2.29. The van der Waals surface area contributed by atoms with Gasteiger partial charge in [0.25, 0.3) is 0 Å². The average Bonchev–Trinajstić information content (AvgIpc) is 2.69. The Balaban J connectivity index is 2.42.